The monoisotopic (exact) mass is 396 g/mol. The third-order valence-corrected chi connectivity index (χ3v) is 5.60. The summed E-state index contributed by atoms with van der Waals surface area (Å²) < 4.78 is 26.6. The summed E-state index contributed by atoms with van der Waals surface area (Å²) in [5.41, 5.74) is 1.29. The minimum absolute atomic E-state index is 0.195. The predicted octanol–water partition coefficient (Wildman–Crippen LogP) is 4.29. The molecule has 1 saturated heterocycles. The summed E-state index contributed by atoms with van der Waals surface area (Å²) in [6, 6.07) is 11.9. The van der Waals surface area contributed by atoms with Crippen LogP contribution in [0.25, 0.3) is 10.9 Å². The smallest absolute Gasteiger partial charge is 0.254 e. The van der Waals surface area contributed by atoms with Gasteiger partial charge in [0.1, 0.15) is 11.6 Å². The summed E-state index contributed by atoms with van der Waals surface area (Å²) in [5, 5.41) is 0.546. The average molecular weight is 396 g/mol. The Morgan fingerprint density at radius 2 is 1.83 bits per heavy atom. The first kappa shape index (κ1) is 19.3. The van der Waals surface area contributed by atoms with Crippen molar-refractivity contribution in [3.05, 3.63) is 81.6 Å². The van der Waals surface area contributed by atoms with Crippen molar-refractivity contribution in [2.24, 2.45) is 5.92 Å². The van der Waals surface area contributed by atoms with Crippen molar-refractivity contribution in [3.63, 3.8) is 0 Å². The maximum atomic E-state index is 13.5. The van der Waals surface area contributed by atoms with Gasteiger partial charge in [-0.15, -0.1) is 0 Å². The standard InChI is InChI=1S/C23H22F2N2O2/c24-17-7-5-15(6-8-17)3-4-16-2-1-11-27(14-16)23(29)20-13-22(28)26-21-12-18(25)9-10-19(20)21/h5-10,12-13,16H,1-4,11,14H2,(H,26,28)/t16-/m0/s1. The van der Waals surface area contributed by atoms with Crippen LogP contribution in [0.3, 0.4) is 0 Å². The molecule has 1 aliphatic heterocycles. The topological polar surface area (TPSA) is 53.2 Å². The zero-order valence-electron chi connectivity index (χ0n) is 16.0. The molecular weight excluding hydrogens is 374 g/mol. The van der Waals surface area contributed by atoms with E-state index in [4.69, 9.17) is 0 Å². The normalized spacial score (nSPS) is 16.9. The van der Waals surface area contributed by atoms with E-state index in [2.05, 4.69) is 4.98 Å². The first-order chi connectivity index (χ1) is 14.0. The molecule has 150 valence electrons. The molecule has 1 atom stereocenters. The fraction of sp³-hybridized carbons (Fsp3) is 0.304. The third-order valence-electron chi connectivity index (χ3n) is 5.60. The number of nitrogens with zero attached hydrogens (tertiary/aromatic N) is 1. The van der Waals surface area contributed by atoms with Crippen LogP contribution >= 0.6 is 0 Å². The van der Waals surface area contributed by atoms with Gasteiger partial charge in [-0.1, -0.05) is 12.1 Å². The second-order valence-corrected chi connectivity index (χ2v) is 7.66. The minimum Gasteiger partial charge on any atom is -0.338 e. The Morgan fingerprint density at radius 3 is 2.62 bits per heavy atom. The number of carbonyl (C=O) groups excluding carboxylic acids is 1. The van der Waals surface area contributed by atoms with Crippen LogP contribution in [0.4, 0.5) is 8.78 Å². The molecule has 2 heterocycles. The van der Waals surface area contributed by atoms with Crippen molar-refractivity contribution < 1.29 is 13.6 Å². The van der Waals surface area contributed by atoms with E-state index in [0.29, 0.717) is 35.5 Å². The SMILES string of the molecule is O=C(c1cc(=O)[nH]c2cc(F)ccc12)N1CCC[C@@H](CCc2ccc(F)cc2)C1. The summed E-state index contributed by atoms with van der Waals surface area (Å²) in [7, 11) is 0. The predicted molar refractivity (Wildman–Crippen MR) is 108 cm³/mol. The van der Waals surface area contributed by atoms with Crippen LogP contribution in [0.1, 0.15) is 35.2 Å². The number of halogens is 2. The van der Waals surface area contributed by atoms with Crippen LogP contribution < -0.4 is 5.56 Å². The molecule has 1 N–H and O–H groups in total. The van der Waals surface area contributed by atoms with E-state index in [-0.39, 0.29) is 11.7 Å². The maximum absolute atomic E-state index is 13.5. The highest BCUT2D eigenvalue weighted by molar-refractivity contribution is 6.06. The molecular formula is C23H22F2N2O2. The number of benzene rings is 2. The van der Waals surface area contributed by atoms with Crippen LogP contribution in [0.2, 0.25) is 0 Å². The van der Waals surface area contributed by atoms with Crippen molar-refractivity contribution in [2.45, 2.75) is 25.7 Å². The molecule has 1 aliphatic rings. The van der Waals surface area contributed by atoms with Gasteiger partial charge in [0.2, 0.25) is 5.56 Å². The second-order valence-electron chi connectivity index (χ2n) is 7.66. The Kier molecular flexibility index (Phi) is 5.43. The lowest BCUT2D eigenvalue weighted by Gasteiger charge is -2.33. The molecule has 1 amide bonds. The first-order valence-corrected chi connectivity index (χ1v) is 9.86. The molecule has 6 heteroatoms. The summed E-state index contributed by atoms with van der Waals surface area (Å²) in [4.78, 5) is 29.5. The number of piperidine rings is 1. The average Bonchev–Trinajstić information content (AvgIpc) is 2.72. The number of rotatable bonds is 4. The molecule has 4 rings (SSSR count). The van der Waals surface area contributed by atoms with E-state index in [1.807, 2.05) is 0 Å². The Bertz CT molecular complexity index is 1090. The highest BCUT2D eigenvalue weighted by Gasteiger charge is 2.26. The molecule has 1 fully saturated rings. The number of amides is 1. The van der Waals surface area contributed by atoms with Gasteiger partial charge in [0.25, 0.3) is 5.91 Å². The van der Waals surface area contributed by atoms with E-state index in [0.717, 1.165) is 31.2 Å². The molecule has 0 aliphatic carbocycles. The number of hydrogen-bond donors (Lipinski definition) is 1. The number of carbonyl (C=O) groups is 1. The van der Waals surface area contributed by atoms with Gasteiger partial charge in [0.05, 0.1) is 11.1 Å². The summed E-state index contributed by atoms with van der Waals surface area (Å²) in [5.74, 6) is -0.549. The van der Waals surface area contributed by atoms with Crippen LogP contribution in [0.15, 0.2) is 53.3 Å². The molecule has 3 aromatic rings. The Morgan fingerprint density at radius 1 is 1.07 bits per heavy atom. The van der Waals surface area contributed by atoms with Gasteiger partial charge in [0.15, 0.2) is 0 Å². The van der Waals surface area contributed by atoms with Gasteiger partial charge in [-0.2, -0.15) is 0 Å². The van der Waals surface area contributed by atoms with Gasteiger partial charge in [-0.3, -0.25) is 9.59 Å². The van der Waals surface area contributed by atoms with Crippen LogP contribution in [0, 0.1) is 17.6 Å². The summed E-state index contributed by atoms with van der Waals surface area (Å²) in [6.07, 6.45) is 3.68. The fourth-order valence-corrected chi connectivity index (χ4v) is 4.09. The van der Waals surface area contributed by atoms with Crippen molar-refractivity contribution in [3.8, 4) is 0 Å². The van der Waals surface area contributed by atoms with Gasteiger partial charge in [-0.05, 0) is 67.5 Å². The molecule has 2 aromatic carbocycles. The van der Waals surface area contributed by atoms with Crippen LogP contribution in [-0.2, 0) is 6.42 Å². The molecule has 0 spiro atoms. The molecule has 1 aromatic heterocycles. The molecule has 4 nitrogen and oxygen atoms in total. The number of H-pyrrole nitrogens is 1. The van der Waals surface area contributed by atoms with Crippen LogP contribution in [-0.4, -0.2) is 28.9 Å². The quantitative estimate of drug-likeness (QED) is 0.715. The zero-order valence-corrected chi connectivity index (χ0v) is 16.0. The molecule has 29 heavy (non-hydrogen) atoms. The Balaban J connectivity index is 1.49. The number of aryl methyl sites for hydroxylation is 1. The largest absolute Gasteiger partial charge is 0.338 e. The van der Waals surface area contributed by atoms with Gasteiger partial charge < -0.3 is 9.88 Å². The number of aromatic amines is 1. The number of aromatic nitrogens is 1. The van der Waals surface area contributed by atoms with Gasteiger partial charge >= 0.3 is 0 Å². The molecule has 0 bridgehead atoms. The Hall–Kier alpha value is -3.02. The van der Waals surface area contributed by atoms with Gasteiger partial charge in [0, 0.05) is 24.5 Å². The second kappa shape index (κ2) is 8.15. The highest BCUT2D eigenvalue weighted by Crippen LogP contribution is 2.25. The molecule has 0 unspecified atom stereocenters. The van der Waals surface area contributed by atoms with E-state index in [1.165, 1.54) is 36.4 Å². The first-order valence-electron chi connectivity index (χ1n) is 9.86. The maximum Gasteiger partial charge on any atom is 0.254 e. The molecule has 0 saturated carbocycles. The van der Waals surface area contributed by atoms with Gasteiger partial charge in [-0.25, -0.2) is 8.78 Å². The number of likely N-dealkylation sites (tertiary alicyclic amines) is 1. The van der Waals surface area contributed by atoms with Crippen molar-refractivity contribution in [1.29, 1.82) is 0 Å². The lowest BCUT2D eigenvalue weighted by atomic mass is 9.91. The summed E-state index contributed by atoms with van der Waals surface area (Å²) >= 11 is 0. The van der Waals surface area contributed by atoms with Crippen molar-refractivity contribution in [2.75, 3.05) is 13.1 Å². The van der Waals surface area contributed by atoms with Crippen LogP contribution in [0.5, 0.6) is 0 Å². The number of fused-ring (bicyclic) bond motifs is 1. The van der Waals surface area contributed by atoms with E-state index in [9.17, 15) is 18.4 Å². The Labute approximate surface area is 167 Å². The zero-order chi connectivity index (χ0) is 20.4. The third kappa shape index (κ3) is 4.36. The van der Waals surface area contributed by atoms with E-state index < -0.39 is 11.4 Å². The highest BCUT2D eigenvalue weighted by atomic mass is 19.1. The summed E-state index contributed by atoms with van der Waals surface area (Å²) in [6.45, 7) is 1.26. The van der Waals surface area contributed by atoms with Crippen molar-refractivity contribution in [1.82, 2.24) is 9.88 Å². The van der Waals surface area contributed by atoms with Crippen molar-refractivity contribution >= 4 is 16.8 Å². The van der Waals surface area contributed by atoms with E-state index in [1.54, 1.807) is 17.0 Å². The lowest BCUT2D eigenvalue weighted by Crippen LogP contribution is -2.40. The number of pyridine rings is 1. The fourth-order valence-electron chi connectivity index (χ4n) is 4.09. The molecule has 0 radical (unpaired) electrons. The number of hydrogen-bond acceptors (Lipinski definition) is 2. The minimum atomic E-state index is -0.462. The lowest BCUT2D eigenvalue weighted by molar-refractivity contribution is 0.0670. The number of nitrogens with one attached hydrogen (secondary N) is 1. The van der Waals surface area contributed by atoms with E-state index >= 15 is 0 Å².